The molecule has 2 aromatic carbocycles. The molecule has 1 aromatic heterocycles. The molecule has 182 valence electrons. The molecule has 2 heterocycles. The lowest BCUT2D eigenvalue weighted by molar-refractivity contribution is -0.139. The molecule has 0 bridgehead atoms. The number of ether oxygens (including phenoxy) is 3. The van der Waals surface area contributed by atoms with E-state index < -0.39 is 12.0 Å². The number of rotatable bonds is 6. The third-order valence-corrected chi connectivity index (χ3v) is 7.16. The van der Waals surface area contributed by atoms with Crippen molar-refractivity contribution in [2.75, 3.05) is 20.8 Å². The highest BCUT2D eigenvalue weighted by Crippen LogP contribution is 2.36. The monoisotopic (exact) mass is 532 g/mol. The number of methoxy groups -OCH3 is 2. The number of esters is 1. The van der Waals surface area contributed by atoms with Gasteiger partial charge >= 0.3 is 5.97 Å². The minimum Gasteiger partial charge on any atom is -0.493 e. The highest BCUT2D eigenvalue weighted by molar-refractivity contribution is 7.07. The van der Waals surface area contributed by atoms with Gasteiger partial charge in [-0.25, -0.2) is 9.79 Å². The topological polar surface area (TPSA) is 79.1 Å². The van der Waals surface area contributed by atoms with Crippen molar-refractivity contribution >= 4 is 46.6 Å². The Hall–Kier alpha value is -3.07. The summed E-state index contributed by atoms with van der Waals surface area (Å²) < 4.78 is 18.0. The number of aromatic nitrogens is 1. The van der Waals surface area contributed by atoms with Gasteiger partial charge in [0.2, 0.25) is 0 Å². The predicted octanol–water partition coefficient (Wildman–Crippen LogP) is 4.12. The highest BCUT2D eigenvalue weighted by Gasteiger charge is 2.34. The maximum Gasteiger partial charge on any atom is 0.338 e. The zero-order valence-corrected chi connectivity index (χ0v) is 21.8. The van der Waals surface area contributed by atoms with Gasteiger partial charge in [-0.05, 0) is 49.8 Å². The minimum absolute atomic E-state index is 0.184. The van der Waals surface area contributed by atoms with Crippen molar-refractivity contribution in [2.24, 2.45) is 4.99 Å². The molecule has 0 N–H and O–H groups in total. The molecule has 0 saturated carbocycles. The Morgan fingerprint density at radius 1 is 1.14 bits per heavy atom. The second-order valence-corrected chi connectivity index (χ2v) is 9.38. The normalized spacial score (nSPS) is 15.5. The van der Waals surface area contributed by atoms with Crippen LogP contribution in [0.3, 0.4) is 0 Å². The second-order valence-electron chi connectivity index (χ2n) is 7.55. The van der Waals surface area contributed by atoms with Crippen molar-refractivity contribution in [2.45, 2.75) is 19.9 Å². The third-order valence-electron chi connectivity index (χ3n) is 5.52. The van der Waals surface area contributed by atoms with Crippen LogP contribution in [0.5, 0.6) is 11.5 Å². The number of fused-ring (bicyclic) bond motifs is 1. The van der Waals surface area contributed by atoms with Gasteiger partial charge in [0.05, 0.1) is 42.7 Å². The summed E-state index contributed by atoms with van der Waals surface area (Å²) >= 11 is 13.8. The highest BCUT2D eigenvalue weighted by atomic mass is 35.5. The van der Waals surface area contributed by atoms with E-state index in [1.54, 1.807) is 56.3 Å². The molecule has 0 radical (unpaired) electrons. The molecule has 0 aliphatic carbocycles. The lowest BCUT2D eigenvalue weighted by Crippen LogP contribution is -2.40. The van der Waals surface area contributed by atoms with Gasteiger partial charge in [-0.3, -0.25) is 9.36 Å². The van der Waals surface area contributed by atoms with Gasteiger partial charge in [-0.2, -0.15) is 0 Å². The smallest absolute Gasteiger partial charge is 0.338 e. The Labute approximate surface area is 215 Å². The first-order valence-corrected chi connectivity index (χ1v) is 12.2. The summed E-state index contributed by atoms with van der Waals surface area (Å²) in [7, 11) is 3.06. The van der Waals surface area contributed by atoms with Gasteiger partial charge in [-0.1, -0.05) is 46.7 Å². The van der Waals surface area contributed by atoms with E-state index in [0.29, 0.717) is 47.7 Å². The van der Waals surface area contributed by atoms with Crippen LogP contribution >= 0.6 is 34.5 Å². The van der Waals surface area contributed by atoms with Crippen LogP contribution in [-0.4, -0.2) is 31.4 Å². The summed E-state index contributed by atoms with van der Waals surface area (Å²) in [6, 6.07) is 9.60. The first-order valence-electron chi connectivity index (χ1n) is 10.7. The van der Waals surface area contributed by atoms with Crippen LogP contribution in [0.2, 0.25) is 10.0 Å². The zero-order chi connectivity index (χ0) is 25.3. The Balaban J connectivity index is 2.00. The number of allylic oxidation sites excluding steroid dienone is 1. The first-order chi connectivity index (χ1) is 16.8. The van der Waals surface area contributed by atoms with Crippen molar-refractivity contribution in [3.8, 4) is 11.5 Å². The fraction of sp³-hybridized carbons (Fsp3) is 0.240. The van der Waals surface area contributed by atoms with E-state index in [1.165, 1.54) is 30.1 Å². The zero-order valence-electron chi connectivity index (χ0n) is 19.4. The molecule has 10 heteroatoms. The van der Waals surface area contributed by atoms with Crippen molar-refractivity contribution in [1.29, 1.82) is 0 Å². The fourth-order valence-corrected chi connectivity index (χ4v) is 5.44. The summed E-state index contributed by atoms with van der Waals surface area (Å²) in [6.45, 7) is 3.63. The Morgan fingerprint density at radius 2 is 1.83 bits per heavy atom. The number of carbonyl (C=O) groups excluding carboxylic acids is 1. The van der Waals surface area contributed by atoms with Crippen molar-refractivity contribution in [1.82, 2.24) is 4.57 Å². The Kier molecular flexibility index (Phi) is 7.35. The third kappa shape index (κ3) is 4.61. The molecule has 1 aliphatic heterocycles. The molecule has 0 saturated heterocycles. The number of carbonyl (C=O) groups is 1. The van der Waals surface area contributed by atoms with Crippen LogP contribution in [0.4, 0.5) is 0 Å². The van der Waals surface area contributed by atoms with E-state index in [9.17, 15) is 9.59 Å². The maximum absolute atomic E-state index is 13.7. The SMILES string of the molecule is CCOC(=O)C1=C(C)N=c2sc(=Cc3c(Cl)cccc3Cl)c(=O)n2[C@H]1c1ccc(OC)c(OC)c1. The first kappa shape index (κ1) is 25.0. The number of hydrogen-bond acceptors (Lipinski definition) is 7. The molecule has 35 heavy (non-hydrogen) atoms. The van der Waals surface area contributed by atoms with E-state index in [0.717, 1.165) is 0 Å². The Bertz CT molecular complexity index is 1500. The largest absolute Gasteiger partial charge is 0.493 e. The molecule has 0 fully saturated rings. The van der Waals surface area contributed by atoms with E-state index >= 15 is 0 Å². The molecule has 0 unspecified atom stereocenters. The molecule has 1 aliphatic rings. The van der Waals surface area contributed by atoms with Crippen LogP contribution in [0, 0.1) is 0 Å². The number of nitrogens with zero attached hydrogens (tertiary/aromatic N) is 2. The van der Waals surface area contributed by atoms with Crippen molar-refractivity contribution in [3.63, 3.8) is 0 Å². The molecule has 4 rings (SSSR count). The molecule has 7 nitrogen and oxygen atoms in total. The summed E-state index contributed by atoms with van der Waals surface area (Å²) in [4.78, 5) is 31.7. The lowest BCUT2D eigenvalue weighted by Gasteiger charge is -2.25. The standard InChI is InChI=1S/C25H22Cl2N2O5S/c1-5-34-24(31)21-13(2)28-25-29(22(21)14-9-10-18(32-3)19(11-14)33-4)23(30)20(35-25)12-15-16(26)7-6-8-17(15)27/h6-12,22H,5H2,1-4H3/t22-/m0/s1. The molecule has 3 aromatic rings. The van der Waals surface area contributed by atoms with Crippen LogP contribution in [0.15, 0.2) is 57.5 Å². The van der Waals surface area contributed by atoms with E-state index in [2.05, 4.69) is 4.99 Å². The predicted molar refractivity (Wildman–Crippen MR) is 136 cm³/mol. The average Bonchev–Trinajstić information content (AvgIpc) is 3.14. The van der Waals surface area contributed by atoms with Crippen LogP contribution in [-0.2, 0) is 9.53 Å². The van der Waals surface area contributed by atoms with E-state index in [4.69, 9.17) is 37.4 Å². The fourth-order valence-electron chi connectivity index (χ4n) is 3.91. The van der Waals surface area contributed by atoms with Crippen LogP contribution in [0.1, 0.15) is 31.0 Å². The lowest BCUT2D eigenvalue weighted by atomic mass is 9.95. The van der Waals surface area contributed by atoms with E-state index in [1.807, 2.05) is 0 Å². The number of halogens is 2. The van der Waals surface area contributed by atoms with Crippen molar-refractivity contribution < 1.29 is 19.0 Å². The van der Waals surface area contributed by atoms with E-state index in [-0.39, 0.29) is 17.7 Å². The van der Waals surface area contributed by atoms with Gasteiger partial charge in [0.1, 0.15) is 0 Å². The summed E-state index contributed by atoms with van der Waals surface area (Å²) in [6.07, 6.45) is 1.64. The van der Waals surface area contributed by atoms with Gasteiger partial charge in [0.25, 0.3) is 5.56 Å². The Morgan fingerprint density at radius 3 is 2.46 bits per heavy atom. The quantitative estimate of drug-likeness (QED) is 0.446. The van der Waals surface area contributed by atoms with Gasteiger partial charge in [0.15, 0.2) is 16.3 Å². The van der Waals surface area contributed by atoms with Crippen LogP contribution < -0.4 is 24.4 Å². The number of benzene rings is 2. The van der Waals surface area contributed by atoms with Crippen LogP contribution in [0.25, 0.3) is 6.08 Å². The minimum atomic E-state index is -0.783. The van der Waals surface area contributed by atoms with Gasteiger partial charge in [0, 0.05) is 15.6 Å². The summed E-state index contributed by atoms with van der Waals surface area (Å²) in [5.41, 5.74) is 1.58. The molecule has 0 amide bonds. The number of thiazole rings is 1. The van der Waals surface area contributed by atoms with Gasteiger partial charge in [-0.15, -0.1) is 0 Å². The van der Waals surface area contributed by atoms with Crippen molar-refractivity contribution in [3.05, 3.63) is 88.5 Å². The maximum atomic E-state index is 13.7. The summed E-state index contributed by atoms with van der Waals surface area (Å²) in [5.74, 6) is 0.445. The molecule has 0 spiro atoms. The molecular formula is C25H22Cl2N2O5S. The summed E-state index contributed by atoms with van der Waals surface area (Å²) in [5, 5.41) is 0.839. The molecular weight excluding hydrogens is 511 g/mol. The van der Waals surface area contributed by atoms with Gasteiger partial charge < -0.3 is 14.2 Å². The molecule has 1 atom stereocenters. The number of hydrogen-bond donors (Lipinski definition) is 0. The average molecular weight is 533 g/mol. The second kappa shape index (κ2) is 10.3.